The van der Waals surface area contributed by atoms with Crippen LogP contribution in [0.15, 0.2) is 58.5 Å². The molecule has 2 aromatic carbocycles. The largest absolute Gasteiger partial charge is 0.493 e. The van der Waals surface area contributed by atoms with Gasteiger partial charge in [-0.25, -0.2) is 4.98 Å². The lowest BCUT2D eigenvalue weighted by Crippen LogP contribution is -2.19. The highest BCUT2D eigenvalue weighted by Crippen LogP contribution is 2.32. The lowest BCUT2D eigenvalue weighted by atomic mass is 9.83. The van der Waals surface area contributed by atoms with E-state index in [-0.39, 0.29) is 5.91 Å². The molecule has 1 saturated carbocycles. The van der Waals surface area contributed by atoms with E-state index in [4.69, 9.17) is 13.9 Å². The van der Waals surface area contributed by atoms with Crippen LogP contribution in [0.1, 0.15) is 48.9 Å². The van der Waals surface area contributed by atoms with E-state index < -0.39 is 0 Å². The number of aryl methyl sites for hydroxylation is 1. The van der Waals surface area contributed by atoms with E-state index in [9.17, 15) is 4.79 Å². The Bertz CT molecular complexity index is 1300. The number of carbonyl (C=O) groups excluding carboxylic acids is 1. The Hall–Kier alpha value is -3.72. The van der Waals surface area contributed by atoms with Crippen molar-refractivity contribution in [1.29, 1.82) is 0 Å². The standard InChI is InChI=1S/C27H28N4O4S/c1-17-3-5-19(6-4-17)16-33-23-13-21(25(32)29-27-28-11-12-36-27)14-24(15-23)35-22-9-7-20(8-10-22)26-31-30-18(2)34-26/h7-15,17,19H,3-6,16H2,1-2H3,(H,28,29,32). The van der Waals surface area contributed by atoms with E-state index >= 15 is 0 Å². The highest BCUT2D eigenvalue weighted by Gasteiger charge is 2.19. The summed E-state index contributed by atoms with van der Waals surface area (Å²) in [7, 11) is 0. The predicted octanol–water partition coefficient (Wildman–Crippen LogP) is 6.75. The Labute approximate surface area is 213 Å². The number of ether oxygens (including phenoxy) is 2. The normalized spacial score (nSPS) is 17.5. The van der Waals surface area contributed by atoms with Crippen LogP contribution in [-0.4, -0.2) is 27.7 Å². The first-order valence-corrected chi connectivity index (χ1v) is 13.0. The van der Waals surface area contributed by atoms with Crippen molar-refractivity contribution >= 4 is 22.4 Å². The Kier molecular flexibility index (Phi) is 7.27. The van der Waals surface area contributed by atoms with Crippen LogP contribution >= 0.6 is 11.3 Å². The van der Waals surface area contributed by atoms with Gasteiger partial charge in [-0.3, -0.25) is 10.1 Å². The molecular formula is C27H28N4O4S. The number of anilines is 1. The molecule has 1 amide bonds. The topological polar surface area (TPSA) is 99.4 Å². The number of amides is 1. The smallest absolute Gasteiger partial charge is 0.257 e. The van der Waals surface area contributed by atoms with Gasteiger partial charge in [0.05, 0.1) is 6.61 Å². The summed E-state index contributed by atoms with van der Waals surface area (Å²) in [4.78, 5) is 17.1. The summed E-state index contributed by atoms with van der Waals surface area (Å²) in [5, 5.41) is 13.1. The number of hydrogen-bond donors (Lipinski definition) is 1. The van der Waals surface area contributed by atoms with E-state index in [1.54, 1.807) is 25.3 Å². The molecule has 2 heterocycles. The molecule has 0 spiro atoms. The molecule has 0 bridgehead atoms. The van der Waals surface area contributed by atoms with Crippen molar-refractivity contribution in [3.05, 3.63) is 65.5 Å². The molecule has 2 aromatic heterocycles. The van der Waals surface area contributed by atoms with Gasteiger partial charge in [0.25, 0.3) is 5.91 Å². The molecule has 186 valence electrons. The number of rotatable bonds is 8. The highest BCUT2D eigenvalue weighted by molar-refractivity contribution is 7.13. The van der Waals surface area contributed by atoms with E-state index in [0.29, 0.717) is 52.2 Å². The van der Waals surface area contributed by atoms with Crippen LogP contribution in [0.25, 0.3) is 11.5 Å². The van der Waals surface area contributed by atoms with Crippen molar-refractivity contribution in [1.82, 2.24) is 15.2 Å². The molecule has 36 heavy (non-hydrogen) atoms. The van der Waals surface area contributed by atoms with Gasteiger partial charge in [-0.2, -0.15) is 0 Å². The zero-order valence-electron chi connectivity index (χ0n) is 20.3. The summed E-state index contributed by atoms with van der Waals surface area (Å²) in [5.74, 6) is 3.73. The molecule has 1 aliphatic carbocycles. The summed E-state index contributed by atoms with van der Waals surface area (Å²) < 4.78 is 17.8. The average Bonchev–Trinajstić information content (AvgIpc) is 3.56. The Morgan fingerprint density at radius 3 is 2.53 bits per heavy atom. The average molecular weight is 505 g/mol. The van der Waals surface area contributed by atoms with Crippen LogP contribution in [0.2, 0.25) is 0 Å². The first-order chi connectivity index (χ1) is 17.5. The number of carbonyl (C=O) groups is 1. The Morgan fingerprint density at radius 2 is 1.83 bits per heavy atom. The SMILES string of the molecule is Cc1nnc(-c2ccc(Oc3cc(OCC4CCC(C)CC4)cc(C(=O)Nc4nccs4)c3)cc2)o1. The van der Waals surface area contributed by atoms with Crippen LogP contribution in [-0.2, 0) is 0 Å². The third-order valence-electron chi connectivity index (χ3n) is 6.28. The summed E-state index contributed by atoms with van der Waals surface area (Å²) >= 11 is 1.36. The molecule has 0 radical (unpaired) electrons. The van der Waals surface area contributed by atoms with Crippen LogP contribution < -0.4 is 14.8 Å². The van der Waals surface area contributed by atoms with Gasteiger partial charge < -0.3 is 13.9 Å². The van der Waals surface area contributed by atoms with E-state index in [2.05, 4.69) is 27.4 Å². The Morgan fingerprint density at radius 1 is 1.06 bits per heavy atom. The van der Waals surface area contributed by atoms with Crippen molar-refractivity contribution in [2.24, 2.45) is 11.8 Å². The number of hydrogen-bond acceptors (Lipinski definition) is 8. The zero-order chi connectivity index (χ0) is 24.9. The Balaban J connectivity index is 1.33. The van der Waals surface area contributed by atoms with E-state index in [1.807, 2.05) is 35.7 Å². The molecule has 1 N–H and O–H groups in total. The molecular weight excluding hydrogens is 476 g/mol. The molecule has 0 unspecified atom stereocenters. The van der Waals surface area contributed by atoms with Crippen LogP contribution in [0, 0.1) is 18.8 Å². The summed E-state index contributed by atoms with van der Waals surface area (Å²) in [6.45, 7) is 4.68. The van der Waals surface area contributed by atoms with Gasteiger partial charge in [-0.05, 0) is 61.1 Å². The lowest BCUT2D eigenvalue weighted by molar-refractivity contribution is 0.102. The monoisotopic (exact) mass is 504 g/mol. The summed E-state index contributed by atoms with van der Waals surface area (Å²) in [6.07, 6.45) is 6.45. The van der Waals surface area contributed by atoms with Gasteiger partial charge >= 0.3 is 0 Å². The minimum atomic E-state index is -0.270. The molecule has 9 heteroatoms. The minimum Gasteiger partial charge on any atom is -0.493 e. The number of thiazole rings is 1. The number of aromatic nitrogens is 3. The van der Waals surface area contributed by atoms with E-state index in [1.165, 1.54) is 37.0 Å². The second-order valence-electron chi connectivity index (χ2n) is 9.17. The van der Waals surface area contributed by atoms with Crippen LogP contribution in [0.3, 0.4) is 0 Å². The second-order valence-corrected chi connectivity index (χ2v) is 10.1. The molecule has 4 aromatic rings. The number of nitrogens with zero attached hydrogens (tertiary/aromatic N) is 3. The van der Waals surface area contributed by atoms with Gasteiger partial charge in [0.2, 0.25) is 11.8 Å². The second kappa shape index (κ2) is 10.9. The van der Waals surface area contributed by atoms with Gasteiger partial charge in [0.1, 0.15) is 17.2 Å². The highest BCUT2D eigenvalue weighted by atomic mass is 32.1. The van der Waals surface area contributed by atoms with Gasteiger partial charge in [0, 0.05) is 35.7 Å². The summed E-state index contributed by atoms with van der Waals surface area (Å²) in [6, 6.07) is 12.6. The molecule has 1 fully saturated rings. The van der Waals surface area contributed by atoms with Crippen LogP contribution in [0.5, 0.6) is 17.2 Å². The fourth-order valence-corrected chi connectivity index (χ4v) is 4.75. The van der Waals surface area contributed by atoms with Gasteiger partial charge in [-0.15, -0.1) is 21.5 Å². The molecule has 0 aliphatic heterocycles. The third kappa shape index (κ3) is 6.09. The predicted molar refractivity (Wildman–Crippen MR) is 138 cm³/mol. The van der Waals surface area contributed by atoms with Crippen molar-refractivity contribution in [3.8, 4) is 28.7 Å². The van der Waals surface area contributed by atoms with Crippen molar-refractivity contribution in [2.75, 3.05) is 11.9 Å². The minimum absolute atomic E-state index is 0.270. The first-order valence-electron chi connectivity index (χ1n) is 12.1. The lowest BCUT2D eigenvalue weighted by Gasteiger charge is -2.26. The summed E-state index contributed by atoms with van der Waals surface area (Å²) in [5.41, 5.74) is 1.23. The zero-order valence-corrected chi connectivity index (χ0v) is 21.1. The quantitative estimate of drug-likeness (QED) is 0.283. The maximum Gasteiger partial charge on any atom is 0.257 e. The number of nitrogens with one attached hydrogen (secondary N) is 1. The van der Waals surface area contributed by atoms with Crippen molar-refractivity contribution in [3.63, 3.8) is 0 Å². The van der Waals surface area contributed by atoms with Crippen molar-refractivity contribution in [2.45, 2.75) is 39.5 Å². The third-order valence-corrected chi connectivity index (χ3v) is 6.97. The van der Waals surface area contributed by atoms with Crippen LogP contribution in [0.4, 0.5) is 5.13 Å². The van der Waals surface area contributed by atoms with Gasteiger partial charge in [-0.1, -0.05) is 19.8 Å². The molecule has 5 rings (SSSR count). The van der Waals surface area contributed by atoms with E-state index in [0.717, 1.165) is 11.5 Å². The molecule has 0 saturated heterocycles. The fourth-order valence-electron chi connectivity index (χ4n) is 4.22. The van der Waals surface area contributed by atoms with Gasteiger partial charge in [0.15, 0.2) is 5.13 Å². The molecule has 1 aliphatic rings. The maximum atomic E-state index is 12.9. The molecule has 0 atom stereocenters. The first kappa shape index (κ1) is 24.0. The fraction of sp³-hybridized carbons (Fsp3) is 0.333. The number of benzene rings is 2. The maximum absolute atomic E-state index is 12.9. The molecule has 8 nitrogen and oxygen atoms in total. The van der Waals surface area contributed by atoms with Crippen molar-refractivity contribution < 1.29 is 18.7 Å².